The Morgan fingerprint density at radius 1 is 1.20 bits per heavy atom. The Hall–Kier alpha value is -2.42. The van der Waals surface area contributed by atoms with E-state index in [4.69, 9.17) is 16.9 Å². The predicted octanol–water partition coefficient (Wildman–Crippen LogP) is 5.18. The highest BCUT2D eigenvalue weighted by molar-refractivity contribution is 7.99. The van der Waals surface area contributed by atoms with E-state index < -0.39 is 5.91 Å². The van der Waals surface area contributed by atoms with E-state index >= 15 is 0 Å². The molecule has 2 N–H and O–H groups in total. The van der Waals surface area contributed by atoms with Crippen LogP contribution in [0.5, 0.6) is 0 Å². The van der Waals surface area contributed by atoms with Crippen LogP contribution in [0.4, 0.5) is 5.69 Å². The Morgan fingerprint density at radius 2 is 1.88 bits per heavy atom. The van der Waals surface area contributed by atoms with Crippen molar-refractivity contribution in [3.63, 3.8) is 0 Å². The summed E-state index contributed by atoms with van der Waals surface area (Å²) < 4.78 is 0. The second-order valence-corrected chi connectivity index (χ2v) is 7.18. The lowest BCUT2D eigenvalue weighted by molar-refractivity contribution is -0.112. The second-order valence-electron chi connectivity index (χ2n) is 5.66. The lowest BCUT2D eigenvalue weighted by Gasteiger charge is -2.08. The van der Waals surface area contributed by atoms with E-state index in [9.17, 15) is 9.90 Å². The fourth-order valence-electron chi connectivity index (χ4n) is 2.24. The zero-order valence-corrected chi connectivity index (χ0v) is 14.8. The molecule has 1 fully saturated rings. The summed E-state index contributed by atoms with van der Waals surface area (Å²) in [5, 5.41) is 22.4. The number of allylic oxidation sites excluding steroid dienone is 1. The minimum atomic E-state index is -0.585. The van der Waals surface area contributed by atoms with Gasteiger partial charge < -0.3 is 10.4 Å². The van der Waals surface area contributed by atoms with Crippen LogP contribution in [0.1, 0.15) is 12.8 Å². The van der Waals surface area contributed by atoms with Gasteiger partial charge in [-0.25, -0.2) is 0 Å². The summed E-state index contributed by atoms with van der Waals surface area (Å²) >= 11 is 7.67. The van der Waals surface area contributed by atoms with E-state index in [1.54, 1.807) is 18.2 Å². The molecule has 2 aromatic carbocycles. The Morgan fingerprint density at radius 3 is 2.48 bits per heavy atom. The van der Waals surface area contributed by atoms with Gasteiger partial charge in [0.15, 0.2) is 5.57 Å². The number of carbonyl (C=O) groups is 1. The highest BCUT2D eigenvalue weighted by atomic mass is 35.5. The molecule has 0 bridgehead atoms. The number of carbonyl (C=O) groups excluding carboxylic acids is 1. The van der Waals surface area contributed by atoms with Gasteiger partial charge in [0.05, 0.1) is 5.02 Å². The van der Waals surface area contributed by atoms with Crippen molar-refractivity contribution in [2.24, 2.45) is 5.92 Å². The Balaban J connectivity index is 1.68. The number of anilines is 1. The van der Waals surface area contributed by atoms with Crippen molar-refractivity contribution in [2.45, 2.75) is 22.6 Å². The fourth-order valence-corrected chi connectivity index (χ4v) is 3.33. The highest BCUT2D eigenvalue weighted by Gasteiger charge is 2.30. The van der Waals surface area contributed by atoms with Crippen LogP contribution in [0.25, 0.3) is 0 Å². The van der Waals surface area contributed by atoms with Gasteiger partial charge in [0.2, 0.25) is 0 Å². The van der Waals surface area contributed by atoms with Crippen molar-refractivity contribution in [1.29, 1.82) is 5.26 Å². The molecule has 1 aliphatic rings. The van der Waals surface area contributed by atoms with Crippen molar-refractivity contribution < 1.29 is 9.90 Å². The van der Waals surface area contributed by atoms with Gasteiger partial charge in [0.25, 0.3) is 5.91 Å². The fraction of sp³-hybridized carbons (Fsp3) is 0.158. The van der Waals surface area contributed by atoms with Crippen LogP contribution in [-0.4, -0.2) is 11.0 Å². The number of aliphatic hydroxyl groups excluding tert-OH is 1. The second kappa shape index (κ2) is 7.64. The molecule has 3 rings (SSSR count). The largest absolute Gasteiger partial charge is 0.510 e. The van der Waals surface area contributed by atoms with E-state index in [0.29, 0.717) is 10.7 Å². The number of amides is 1. The third-order valence-corrected chi connectivity index (χ3v) is 5.26. The summed E-state index contributed by atoms with van der Waals surface area (Å²) in [4.78, 5) is 14.1. The first-order valence-electron chi connectivity index (χ1n) is 7.75. The van der Waals surface area contributed by atoms with Crippen molar-refractivity contribution in [2.75, 3.05) is 5.32 Å². The summed E-state index contributed by atoms with van der Waals surface area (Å²) in [6, 6.07) is 16.6. The number of hydrogen-bond donors (Lipinski definition) is 2. The molecule has 1 aliphatic carbocycles. The third kappa shape index (κ3) is 4.36. The smallest absolute Gasteiger partial charge is 0.269 e. The van der Waals surface area contributed by atoms with Gasteiger partial charge >= 0.3 is 0 Å². The first kappa shape index (κ1) is 17.4. The third-order valence-electron chi connectivity index (χ3n) is 3.74. The van der Waals surface area contributed by atoms with E-state index in [2.05, 4.69) is 5.32 Å². The van der Waals surface area contributed by atoms with Crippen molar-refractivity contribution >= 4 is 35.0 Å². The predicted molar refractivity (Wildman–Crippen MR) is 98.6 cm³/mol. The molecule has 0 atom stereocenters. The molecule has 1 saturated carbocycles. The number of nitriles is 1. The summed E-state index contributed by atoms with van der Waals surface area (Å²) in [5.74, 6) is -0.737. The quantitative estimate of drug-likeness (QED) is 0.432. The van der Waals surface area contributed by atoms with Crippen LogP contribution < -0.4 is 5.32 Å². The Labute approximate surface area is 155 Å². The molecule has 0 aliphatic heterocycles. The maximum absolute atomic E-state index is 12.2. The molecule has 0 spiro atoms. The summed E-state index contributed by atoms with van der Waals surface area (Å²) in [7, 11) is 0. The number of aliphatic hydroxyl groups is 1. The normalized spacial score (nSPS) is 14.4. The van der Waals surface area contributed by atoms with E-state index in [1.807, 2.05) is 36.4 Å². The SMILES string of the molecule is N#CC(C(=O)Nc1ccc(Sc2ccccc2Cl)cc1)=C(O)C1CC1. The zero-order chi connectivity index (χ0) is 17.8. The molecule has 126 valence electrons. The van der Waals surface area contributed by atoms with E-state index in [0.717, 1.165) is 22.6 Å². The zero-order valence-electron chi connectivity index (χ0n) is 13.2. The molecule has 1 amide bonds. The molecule has 0 radical (unpaired) electrons. The summed E-state index contributed by atoms with van der Waals surface area (Å²) in [6.07, 6.45) is 1.64. The van der Waals surface area contributed by atoms with Gasteiger partial charge in [-0.15, -0.1) is 0 Å². The van der Waals surface area contributed by atoms with Crippen LogP contribution in [-0.2, 0) is 4.79 Å². The minimum absolute atomic E-state index is 0.0465. The van der Waals surface area contributed by atoms with Crippen LogP contribution in [0.15, 0.2) is 69.7 Å². The van der Waals surface area contributed by atoms with Crippen LogP contribution in [0.3, 0.4) is 0 Å². The van der Waals surface area contributed by atoms with Gasteiger partial charge in [-0.3, -0.25) is 4.79 Å². The molecular formula is C19H15ClN2O2S. The van der Waals surface area contributed by atoms with E-state index in [1.165, 1.54) is 11.8 Å². The maximum Gasteiger partial charge on any atom is 0.269 e. The lowest BCUT2D eigenvalue weighted by atomic mass is 10.1. The van der Waals surface area contributed by atoms with Gasteiger partial charge in [-0.1, -0.05) is 35.5 Å². The molecule has 25 heavy (non-hydrogen) atoms. The van der Waals surface area contributed by atoms with Crippen molar-refractivity contribution in [3.8, 4) is 6.07 Å². The number of rotatable bonds is 5. The Kier molecular flexibility index (Phi) is 5.32. The van der Waals surface area contributed by atoms with Crippen molar-refractivity contribution in [3.05, 3.63) is 64.9 Å². The monoisotopic (exact) mass is 370 g/mol. The van der Waals surface area contributed by atoms with Gasteiger partial charge in [-0.05, 0) is 49.2 Å². The van der Waals surface area contributed by atoms with Gasteiger partial charge in [0, 0.05) is 21.4 Å². The molecule has 6 heteroatoms. The minimum Gasteiger partial charge on any atom is -0.510 e. The summed E-state index contributed by atoms with van der Waals surface area (Å²) in [5.41, 5.74) is 0.349. The topological polar surface area (TPSA) is 73.1 Å². The number of nitrogens with one attached hydrogen (secondary N) is 1. The average Bonchev–Trinajstić information content (AvgIpc) is 3.44. The number of benzene rings is 2. The number of nitrogens with zero attached hydrogens (tertiary/aromatic N) is 1. The molecule has 0 aromatic heterocycles. The number of halogens is 1. The highest BCUT2D eigenvalue weighted by Crippen LogP contribution is 2.37. The average molecular weight is 371 g/mol. The lowest BCUT2D eigenvalue weighted by Crippen LogP contribution is -2.15. The number of hydrogen-bond acceptors (Lipinski definition) is 4. The van der Waals surface area contributed by atoms with Gasteiger partial charge in [-0.2, -0.15) is 5.26 Å². The first-order chi connectivity index (χ1) is 12.1. The molecular weight excluding hydrogens is 356 g/mol. The molecule has 4 nitrogen and oxygen atoms in total. The van der Waals surface area contributed by atoms with Gasteiger partial charge in [0.1, 0.15) is 11.8 Å². The summed E-state index contributed by atoms with van der Waals surface area (Å²) in [6.45, 7) is 0. The maximum atomic E-state index is 12.2. The molecule has 2 aromatic rings. The van der Waals surface area contributed by atoms with E-state index in [-0.39, 0.29) is 17.3 Å². The Bertz CT molecular complexity index is 868. The molecule has 0 saturated heterocycles. The van der Waals surface area contributed by atoms with Crippen molar-refractivity contribution in [1.82, 2.24) is 0 Å². The van der Waals surface area contributed by atoms with Crippen LogP contribution in [0, 0.1) is 17.2 Å². The van der Waals surface area contributed by atoms with Crippen LogP contribution >= 0.6 is 23.4 Å². The first-order valence-corrected chi connectivity index (χ1v) is 8.95. The standard InChI is InChI=1S/C19H15ClN2O2S/c20-16-3-1-2-4-17(16)25-14-9-7-13(8-10-14)22-19(24)15(11-21)18(23)12-5-6-12/h1-4,7-10,12,23H,5-6H2,(H,22,24). The van der Waals surface area contributed by atoms with Crippen LogP contribution in [0.2, 0.25) is 5.02 Å². The molecule has 0 heterocycles. The molecule has 0 unspecified atom stereocenters.